The lowest BCUT2D eigenvalue weighted by atomic mass is 10.2. The Bertz CT molecular complexity index is 733. The van der Waals surface area contributed by atoms with Crippen LogP contribution in [0.1, 0.15) is 19.4 Å². The summed E-state index contributed by atoms with van der Waals surface area (Å²) in [5, 5.41) is 7.78. The first-order chi connectivity index (χ1) is 10.2. The van der Waals surface area contributed by atoms with Gasteiger partial charge in [-0.2, -0.15) is 5.10 Å². The largest absolute Gasteiger partial charge is 0.489 e. The number of aromatic nitrogens is 2. The van der Waals surface area contributed by atoms with Gasteiger partial charge in [-0.05, 0) is 38.1 Å². The van der Waals surface area contributed by atoms with Gasteiger partial charge in [-0.3, -0.25) is 0 Å². The van der Waals surface area contributed by atoms with Crippen molar-refractivity contribution in [1.82, 2.24) is 9.61 Å². The SMILES string of the molecule is CC(C)Oc1ccccc1NCc1cnn2ccccc12. The highest BCUT2D eigenvalue weighted by atomic mass is 16.5. The number of para-hydroxylation sites is 2. The molecule has 0 fully saturated rings. The summed E-state index contributed by atoms with van der Waals surface area (Å²) in [6.07, 6.45) is 4.01. The molecule has 2 heterocycles. The van der Waals surface area contributed by atoms with Crippen LogP contribution in [0.15, 0.2) is 54.9 Å². The monoisotopic (exact) mass is 281 g/mol. The molecule has 0 atom stereocenters. The first-order valence-corrected chi connectivity index (χ1v) is 7.15. The lowest BCUT2D eigenvalue weighted by Crippen LogP contribution is -2.08. The third-order valence-electron chi connectivity index (χ3n) is 3.23. The van der Waals surface area contributed by atoms with Gasteiger partial charge in [0.1, 0.15) is 5.75 Å². The highest BCUT2D eigenvalue weighted by molar-refractivity contribution is 5.59. The van der Waals surface area contributed by atoms with Gasteiger partial charge >= 0.3 is 0 Å². The number of ether oxygens (including phenoxy) is 1. The zero-order chi connectivity index (χ0) is 14.7. The topological polar surface area (TPSA) is 38.6 Å². The van der Waals surface area contributed by atoms with E-state index in [-0.39, 0.29) is 6.10 Å². The van der Waals surface area contributed by atoms with Crippen molar-refractivity contribution in [2.75, 3.05) is 5.32 Å². The number of hydrogen-bond donors (Lipinski definition) is 1. The molecular weight excluding hydrogens is 262 g/mol. The lowest BCUT2D eigenvalue weighted by molar-refractivity contribution is 0.243. The van der Waals surface area contributed by atoms with Crippen molar-refractivity contribution in [2.45, 2.75) is 26.5 Å². The molecule has 108 valence electrons. The van der Waals surface area contributed by atoms with Crippen molar-refractivity contribution >= 4 is 11.2 Å². The molecule has 2 aromatic heterocycles. The first-order valence-electron chi connectivity index (χ1n) is 7.15. The summed E-state index contributed by atoms with van der Waals surface area (Å²) >= 11 is 0. The highest BCUT2D eigenvalue weighted by Crippen LogP contribution is 2.25. The predicted octanol–water partition coefficient (Wildman–Crippen LogP) is 3.73. The number of rotatable bonds is 5. The third kappa shape index (κ3) is 2.99. The van der Waals surface area contributed by atoms with Crippen LogP contribution in [0.3, 0.4) is 0 Å². The molecule has 0 spiro atoms. The van der Waals surface area contributed by atoms with E-state index in [2.05, 4.69) is 16.5 Å². The molecule has 21 heavy (non-hydrogen) atoms. The van der Waals surface area contributed by atoms with E-state index in [1.54, 1.807) is 0 Å². The molecule has 0 bridgehead atoms. The van der Waals surface area contributed by atoms with E-state index in [0.717, 1.165) is 22.5 Å². The quantitative estimate of drug-likeness (QED) is 0.774. The summed E-state index contributed by atoms with van der Waals surface area (Å²) in [6, 6.07) is 14.1. The van der Waals surface area contributed by atoms with Crippen molar-refractivity contribution in [2.24, 2.45) is 0 Å². The molecule has 0 saturated heterocycles. The maximum atomic E-state index is 5.82. The van der Waals surface area contributed by atoms with E-state index in [0.29, 0.717) is 6.54 Å². The average molecular weight is 281 g/mol. The minimum Gasteiger partial charge on any atom is -0.489 e. The Balaban J connectivity index is 1.79. The van der Waals surface area contributed by atoms with Crippen LogP contribution >= 0.6 is 0 Å². The van der Waals surface area contributed by atoms with E-state index in [1.807, 2.05) is 67.2 Å². The van der Waals surface area contributed by atoms with Gasteiger partial charge in [0.15, 0.2) is 0 Å². The Hall–Kier alpha value is -2.49. The molecule has 0 amide bonds. The number of anilines is 1. The minimum atomic E-state index is 0.157. The van der Waals surface area contributed by atoms with Crippen molar-refractivity contribution < 1.29 is 4.74 Å². The summed E-state index contributed by atoms with van der Waals surface area (Å²) in [5.74, 6) is 0.879. The fourth-order valence-corrected chi connectivity index (χ4v) is 2.28. The van der Waals surface area contributed by atoms with Gasteiger partial charge in [0.25, 0.3) is 0 Å². The fraction of sp³-hybridized carbons (Fsp3) is 0.235. The molecule has 0 aliphatic heterocycles. The summed E-state index contributed by atoms with van der Waals surface area (Å²) in [6.45, 7) is 4.77. The molecule has 0 saturated carbocycles. The van der Waals surface area contributed by atoms with Crippen LogP contribution in [0, 0.1) is 0 Å². The van der Waals surface area contributed by atoms with Gasteiger partial charge in [-0.15, -0.1) is 0 Å². The van der Waals surface area contributed by atoms with Crippen LogP contribution in [0.2, 0.25) is 0 Å². The number of benzene rings is 1. The molecule has 0 aliphatic rings. The van der Waals surface area contributed by atoms with Crippen LogP contribution < -0.4 is 10.1 Å². The molecule has 0 unspecified atom stereocenters. The molecule has 4 nitrogen and oxygen atoms in total. The van der Waals surface area contributed by atoms with Crippen LogP contribution in [-0.2, 0) is 6.54 Å². The zero-order valence-electron chi connectivity index (χ0n) is 12.3. The van der Waals surface area contributed by atoms with Crippen molar-refractivity contribution in [3.63, 3.8) is 0 Å². The number of fused-ring (bicyclic) bond motifs is 1. The van der Waals surface area contributed by atoms with Gasteiger partial charge in [0, 0.05) is 18.3 Å². The van der Waals surface area contributed by atoms with Crippen LogP contribution in [0.25, 0.3) is 5.52 Å². The van der Waals surface area contributed by atoms with Crippen LogP contribution in [0.5, 0.6) is 5.75 Å². The molecule has 0 aliphatic carbocycles. The number of nitrogens with one attached hydrogen (secondary N) is 1. The standard InChI is InChI=1S/C17H19N3O/c1-13(2)21-17-9-4-3-7-15(17)18-11-14-12-19-20-10-6-5-8-16(14)20/h3-10,12-13,18H,11H2,1-2H3. The average Bonchev–Trinajstić information content (AvgIpc) is 2.89. The van der Waals surface area contributed by atoms with Crippen molar-refractivity contribution in [1.29, 1.82) is 0 Å². The summed E-state index contributed by atoms with van der Waals surface area (Å²) < 4.78 is 7.70. The van der Waals surface area contributed by atoms with Gasteiger partial charge < -0.3 is 10.1 Å². The molecule has 1 aromatic carbocycles. The summed E-state index contributed by atoms with van der Waals surface area (Å²) in [7, 11) is 0. The number of nitrogens with zero attached hydrogens (tertiary/aromatic N) is 2. The van der Waals surface area contributed by atoms with Crippen LogP contribution in [-0.4, -0.2) is 15.7 Å². The van der Waals surface area contributed by atoms with Gasteiger partial charge in [-0.25, -0.2) is 4.52 Å². The highest BCUT2D eigenvalue weighted by Gasteiger charge is 2.07. The first kappa shape index (κ1) is 13.5. The van der Waals surface area contributed by atoms with E-state index >= 15 is 0 Å². The Morgan fingerprint density at radius 2 is 1.95 bits per heavy atom. The second-order valence-corrected chi connectivity index (χ2v) is 5.22. The van der Waals surface area contributed by atoms with Gasteiger partial charge in [0.05, 0.1) is 23.5 Å². The number of pyridine rings is 1. The van der Waals surface area contributed by atoms with E-state index in [1.165, 1.54) is 0 Å². The molecule has 3 aromatic rings. The summed E-state index contributed by atoms with van der Waals surface area (Å²) in [4.78, 5) is 0. The van der Waals surface area contributed by atoms with Crippen LogP contribution in [0.4, 0.5) is 5.69 Å². The van der Waals surface area contributed by atoms with E-state index in [4.69, 9.17) is 4.74 Å². The Labute approximate surface area is 124 Å². The normalized spacial score (nSPS) is 11.0. The second-order valence-electron chi connectivity index (χ2n) is 5.22. The smallest absolute Gasteiger partial charge is 0.142 e. The maximum Gasteiger partial charge on any atom is 0.142 e. The maximum absolute atomic E-state index is 5.82. The molecule has 0 radical (unpaired) electrons. The van der Waals surface area contributed by atoms with Crippen molar-refractivity contribution in [3.05, 3.63) is 60.4 Å². The Morgan fingerprint density at radius 1 is 1.14 bits per heavy atom. The van der Waals surface area contributed by atoms with Gasteiger partial charge in [-0.1, -0.05) is 18.2 Å². The minimum absolute atomic E-state index is 0.157. The third-order valence-corrected chi connectivity index (χ3v) is 3.23. The Morgan fingerprint density at radius 3 is 2.81 bits per heavy atom. The fourth-order valence-electron chi connectivity index (χ4n) is 2.28. The molecule has 3 rings (SSSR count). The number of hydrogen-bond acceptors (Lipinski definition) is 3. The molecule has 4 heteroatoms. The van der Waals surface area contributed by atoms with Crippen molar-refractivity contribution in [3.8, 4) is 5.75 Å². The molecular formula is C17H19N3O. The predicted molar refractivity (Wildman–Crippen MR) is 84.7 cm³/mol. The summed E-state index contributed by atoms with van der Waals surface area (Å²) in [5.41, 5.74) is 3.28. The van der Waals surface area contributed by atoms with Gasteiger partial charge in [0.2, 0.25) is 0 Å². The molecule has 1 N–H and O–H groups in total. The van der Waals surface area contributed by atoms with E-state index < -0.39 is 0 Å². The Kier molecular flexibility index (Phi) is 3.77. The zero-order valence-corrected chi connectivity index (χ0v) is 12.3. The second kappa shape index (κ2) is 5.87. The lowest BCUT2D eigenvalue weighted by Gasteiger charge is -2.15. The van der Waals surface area contributed by atoms with E-state index in [9.17, 15) is 0 Å².